The summed E-state index contributed by atoms with van der Waals surface area (Å²) in [6.45, 7) is 5.17. The quantitative estimate of drug-likeness (QED) is 0.564. The summed E-state index contributed by atoms with van der Waals surface area (Å²) >= 11 is 0. The third kappa shape index (κ3) is 4.32. The molecule has 8 nitrogen and oxygen atoms in total. The number of ether oxygens (including phenoxy) is 1. The van der Waals surface area contributed by atoms with Crippen molar-refractivity contribution in [2.45, 2.75) is 44.7 Å². The Morgan fingerprint density at radius 3 is 2.81 bits per heavy atom. The molecule has 3 aromatic rings. The highest BCUT2D eigenvalue weighted by Gasteiger charge is 2.37. The number of piperidine rings is 1. The lowest BCUT2D eigenvalue weighted by molar-refractivity contribution is -0.0493. The Morgan fingerprint density at radius 2 is 2.03 bits per heavy atom. The molecule has 5 heterocycles. The van der Waals surface area contributed by atoms with Crippen molar-refractivity contribution >= 4 is 17.2 Å². The van der Waals surface area contributed by atoms with Crippen LogP contribution in [-0.2, 0) is 17.7 Å². The van der Waals surface area contributed by atoms with Crippen molar-refractivity contribution in [3.8, 4) is 11.3 Å². The molecule has 3 aliphatic heterocycles. The number of carbonyl (C=O) groups is 1. The van der Waals surface area contributed by atoms with Crippen molar-refractivity contribution in [2.24, 2.45) is 0 Å². The average Bonchev–Trinajstić information content (AvgIpc) is 3.27. The summed E-state index contributed by atoms with van der Waals surface area (Å²) < 4.78 is 33.0. The van der Waals surface area contributed by atoms with Crippen LogP contribution in [0.2, 0.25) is 0 Å². The van der Waals surface area contributed by atoms with Gasteiger partial charge in [-0.15, -0.1) is 0 Å². The number of amides is 2. The normalized spacial score (nSPS) is 22.0. The number of hydrogen-bond acceptors (Lipinski definition) is 5. The fraction of sp³-hybridized carbons (Fsp3) is 0.500. The number of nitrogens with zero attached hydrogens (tertiary/aromatic N) is 4. The molecule has 36 heavy (non-hydrogen) atoms. The molecule has 2 aromatic heterocycles. The minimum absolute atomic E-state index is 0.00173. The van der Waals surface area contributed by atoms with Crippen LogP contribution in [0.25, 0.3) is 22.4 Å². The Morgan fingerprint density at radius 1 is 1.19 bits per heavy atom. The van der Waals surface area contributed by atoms with Gasteiger partial charge in [-0.1, -0.05) is 0 Å². The van der Waals surface area contributed by atoms with E-state index in [1.165, 1.54) is 5.56 Å². The highest BCUT2D eigenvalue weighted by Crippen LogP contribution is 2.34. The monoisotopic (exact) mass is 496 g/mol. The van der Waals surface area contributed by atoms with Crippen LogP contribution < -0.4 is 5.32 Å². The van der Waals surface area contributed by atoms with Crippen molar-refractivity contribution in [2.75, 3.05) is 39.4 Å². The van der Waals surface area contributed by atoms with E-state index in [9.17, 15) is 13.6 Å². The van der Waals surface area contributed by atoms with Gasteiger partial charge < -0.3 is 24.8 Å². The van der Waals surface area contributed by atoms with E-state index < -0.39 is 5.92 Å². The van der Waals surface area contributed by atoms with E-state index in [1.807, 2.05) is 13.1 Å². The molecule has 2 fully saturated rings. The number of aromatic nitrogens is 3. The van der Waals surface area contributed by atoms with Gasteiger partial charge >= 0.3 is 6.03 Å². The molecule has 3 aliphatic rings. The number of rotatable bonds is 2. The van der Waals surface area contributed by atoms with Gasteiger partial charge in [0.05, 0.1) is 31.1 Å². The number of urea groups is 1. The molecule has 0 saturated carbocycles. The number of hydrogen-bond donors (Lipinski definition) is 2. The summed E-state index contributed by atoms with van der Waals surface area (Å²) in [5, 5.41) is 3.55. The summed E-state index contributed by atoms with van der Waals surface area (Å²) in [6.07, 6.45) is 3.85. The Labute approximate surface area is 208 Å². The Bertz CT molecular complexity index is 1290. The first-order valence-corrected chi connectivity index (χ1v) is 12.6. The average molecular weight is 497 g/mol. The molecule has 190 valence electrons. The highest BCUT2D eigenvalue weighted by molar-refractivity contribution is 5.78. The fourth-order valence-corrected chi connectivity index (χ4v) is 5.46. The number of carbonyl (C=O) groups excluding carboxylic acids is 1. The maximum Gasteiger partial charge on any atom is 0.320 e. The minimum Gasteiger partial charge on any atom is -0.378 e. The molecular weight excluding hydrogens is 466 g/mol. The van der Waals surface area contributed by atoms with Crippen LogP contribution in [0.15, 0.2) is 24.5 Å². The van der Waals surface area contributed by atoms with Gasteiger partial charge in [0.25, 0.3) is 5.92 Å². The third-order valence-corrected chi connectivity index (χ3v) is 7.58. The Kier molecular flexibility index (Phi) is 5.88. The largest absolute Gasteiger partial charge is 0.378 e. The molecule has 0 bridgehead atoms. The minimum atomic E-state index is -2.67. The number of morpholine rings is 1. The zero-order valence-corrected chi connectivity index (χ0v) is 20.3. The van der Waals surface area contributed by atoms with Crippen molar-refractivity contribution in [1.29, 1.82) is 0 Å². The second-order valence-corrected chi connectivity index (χ2v) is 10.0. The number of halogens is 2. The molecule has 0 aliphatic carbocycles. The van der Waals surface area contributed by atoms with Gasteiger partial charge in [0, 0.05) is 57.3 Å². The fourth-order valence-electron chi connectivity index (χ4n) is 5.46. The van der Waals surface area contributed by atoms with Crippen molar-refractivity contribution in [1.82, 2.24) is 30.1 Å². The zero-order valence-electron chi connectivity index (χ0n) is 20.3. The summed E-state index contributed by atoms with van der Waals surface area (Å²) in [4.78, 5) is 29.2. The lowest BCUT2D eigenvalue weighted by Crippen LogP contribution is -2.50. The smallest absolute Gasteiger partial charge is 0.320 e. The van der Waals surface area contributed by atoms with Crippen LogP contribution in [0.5, 0.6) is 0 Å². The number of aromatic amines is 1. The van der Waals surface area contributed by atoms with Crippen LogP contribution in [0, 0.1) is 6.92 Å². The first kappa shape index (κ1) is 23.3. The van der Waals surface area contributed by atoms with E-state index >= 15 is 0 Å². The van der Waals surface area contributed by atoms with Gasteiger partial charge in [-0.3, -0.25) is 0 Å². The Hall–Kier alpha value is -3.11. The van der Waals surface area contributed by atoms with E-state index in [4.69, 9.17) is 9.72 Å². The van der Waals surface area contributed by atoms with E-state index in [2.05, 4.69) is 27.4 Å². The Balaban J connectivity index is 1.33. The zero-order chi connectivity index (χ0) is 24.9. The van der Waals surface area contributed by atoms with E-state index in [0.29, 0.717) is 32.7 Å². The molecule has 0 spiro atoms. The van der Waals surface area contributed by atoms with Crippen LogP contribution in [0.3, 0.4) is 0 Å². The maximum absolute atomic E-state index is 13.6. The predicted octanol–water partition coefficient (Wildman–Crippen LogP) is 3.80. The summed E-state index contributed by atoms with van der Waals surface area (Å²) in [5.74, 6) is -2.67. The number of nitrogens with one attached hydrogen (secondary N) is 2. The van der Waals surface area contributed by atoms with E-state index in [1.54, 1.807) is 16.0 Å². The highest BCUT2D eigenvalue weighted by atomic mass is 19.3. The molecule has 1 aromatic carbocycles. The standard InChI is InChI=1S/C26H30F2N6O2/c1-16-12-30-24-23(16)32-21(13-31-24)18-10-17-2-6-34(25(35)33-7-3-26(27,28)4-8-33)14-20(17)19(11-18)22-15-36-9-5-29-22/h10-13,22,29H,2-9,14-15H2,1H3,(H,30,31). The molecule has 2 amide bonds. The third-order valence-electron chi connectivity index (χ3n) is 7.58. The topological polar surface area (TPSA) is 86.4 Å². The summed E-state index contributed by atoms with van der Waals surface area (Å²) in [7, 11) is 0. The molecule has 2 N–H and O–H groups in total. The molecule has 2 saturated heterocycles. The van der Waals surface area contributed by atoms with Crippen LogP contribution >= 0.6 is 0 Å². The van der Waals surface area contributed by atoms with Crippen LogP contribution in [-0.4, -0.2) is 76.1 Å². The lowest BCUT2D eigenvalue weighted by atomic mass is 9.88. The van der Waals surface area contributed by atoms with Gasteiger partial charge in [0.15, 0.2) is 5.65 Å². The first-order valence-electron chi connectivity index (χ1n) is 12.6. The van der Waals surface area contributed by atoms with Gasteiger partial charge in [0.2, 0.25) is 0 Å². The second-order valence-electron chi connectivity index (χ2n) is 10.0. The van der Waals surface area contributed by atoms with Gasteiger partial charge in [-0.2, -0.15) is 0 Å². The SMILES string of the molecule is Cc1c[nH]c2ncc(-c3cc4c(c(C5COCCN5)c3)CN(C(=O)N3CCC(F)(F)CC3)CC4)nc12. The number of fused-ring (bicyclic) bond motifs is 2. The first-order chi connectivity index (χ1) is 17.4. The molecule has 1 unspecified atom stereocenters. The lowest BCUT2D eigenvalue weighted by Gasteiger charge is -2.38. The van der Waals surface area contributed by atoms with Gasteiger partial charge in [-0.25, -0.2) is 23.5 Å². The number of likely N-dealkylation sites (tertiary alicyclic amines) is 1. The summed E-state index contributed by atoms with van der Waals surface area (Å²) in [5.41, 5.74) is 7.84. The summed E-state index contributed by atoms with van der Waals surface area (Å²) in [6, 6.07) is 4.14. The number of benzene rings is 1. The number of alkyl halides is 2. The molecule has 6 rings (SSSR count). The molecule has 1 atom stereocenters. The van der Waals surface area contributed by atoms with E-state index in [0.717, 1.165) is 45.7 Å². The van der Waals surface area contributed by atoms with Crippen molar-refractivity contribution in [3.63, 3.8) is 0 Å². The van der Waals surface area contributed by atoms with Gasteiger partial charge in [-0.05, 0) is 47.7 Å². The molecule has 10 heteroatoms. The number of aryl methyl sites for hydroxylation is 1. The van der Waals surface area contributed by atoms with Gasteiger partial charge in [0.1, 0.15) is 5.52 Å². The van der Waals surface area contributed by atoms with Crippen LogP contribution in [0.1, 0.15) is 41.1 Å². The van der Waals surface area contributed by atoms with Crippen molar-refractivity contribution < 1.29 is 18.3 Å². The molecule has 0 radical (unpaired) electrons. The number of H-pyrrole nitrogens is 1. The maximum atomic E-state index is 13.6. The molecular formula is C26H30F2N6O2. The second kappa shape index (κ2) is 9.08. The van der Waals surface area contributed by atoms with E-state index in [-0.39, 0.29) is 38.0 Å². The van der Waals surface area contributed by atoms with Crippen molar-refractivity contribution in [3.05, 3.63) is 46.8 Å². The van der Waals surface area contributed by atoms with Crippen LogP contribution in [0.4, 0.5) is 13.6 Å². The predicted molar refractivity (Wildman–Crippen MR) is 131 cm³/mol.